The SMILES string of the molecule is CC(=O)N1CCOc2cc(NC(=O)c3cccc(Cl)c3)ccc21. The van der Waals surface area contributed by atoms with Gasteiger partial charge in [0.1, 0.15) is 12.4 Å². The van der Waals surface area contributed by atoms with Crippen molar-refractivity contribution in [1.82, 2.24) is 0 Å². The Morgan fingerprint density at radius 1 is 1.22 bits per heavy atom. The first kappa shape index (κ1) is 15.4. The number of anilines is 2. The highest BCUT2D eigenvalue weighted by molar-refractivity contribution is 6.31. The van der Waals surface area contributed by atoms with E-state index in [1.165, 1.54) is 6.92 Å². The standard InChI is InChI=1S/C17H15ClN2O3/c1-11(21)20-7-8-23-16-10-14(5-6-15(16)20)19-17(22)12-3-2-4-13(18)9-12/h2-6,9-10H,7-8H2,1H3,(H,19,22). The van der Waals surface area contributed by atoms with Gasteiger partial charge in [0, 0.05) is 29.3 Å². The number of carbonyl (C=O) groups is 2. The molecule has 0 aromatic heterocycles. The van der Waals surface area contributed by atoms with E-state index in [2.05, 4.69) is 5.32 Å². The van der Waals surface area contributed by atoms with Crippen LogP contribution in [0.3, 0.4) is 0 Å². The summed E-state index contributed by atoms with van der Waals surface area (Å²) in [5.74, 6) is 0.285. The van der Waals surface area contributed by atoms with Crippen molar-refractivity contribution in [1.29, 1.82) is 0 Å². The van der Waals surface area contributed by atoms with Crippen molar-refractivity contribution in [3.05, 3.63) is 53.1 Å². The minimum atomic E-state index is -0.258. The number of carbonyl (C=O) groups excluding carboxylic acids is 2. The van der Waals surface area contributed by atoms with Crippen molar-refractivity contribution in [3.8, 4) is 5.75 Å². The van der Waals surface area contributed by atoms with Gasteiger partial charge in [-0.25, -0.2) is 0 Å². The maximum atomic E-state index is 12.2. The fourth-order valence-electron chi connectivity index (χ4n) is 2.46. The molecule has 1 aliphatic heterocycles. The number of rotatable bonds is 2. The van der Waals surface area contributed by atoms with E-state index in [1.54, 1.807) is 47.4 Å². The zero-order chi connectivity index (χ0) is 16.4. The highest BCUT2D eigenvalue weighted by Crippen LogP contribution is 2.34. The summed E-state index contributed by atoms with van der Waals surface area (Å²) in [4.78, 5) is 25.5. The summed E-state index contributed by atoms with van der Waals surface area (Å²) in [6, 6.07) is 11.9. The van der Waals surface area contributed by atoms with Crippen molar-refractivity contribution >= 4 is 34.8 Å². The molecule has 5 nitrogen and oxygen atoms in total. The van der Waals surface area contributed by atoms with Gasteiger partial charge in [0.15, 0.2) is 0 Å². The summed E-state index contributed by atoms with van der Waals surface area (Å²) in [6.07, 6.45) is 0. The van der Waals surface area contributed by atoms with E-state index < -0.39 is 0 Å². The van der Waals surface area contributed by atoms with Crippen LogP contribution in [0.25, 0.3) is 0 Å². The Morgan fingerprint density at radius 2 is 2.04 bits per heavy atom. The third-order valence-electron chi connectivity index (χ3n) is 3.55. The van der Waals surface area contributed by atoms with Gasteiger partial charge in [-0.2, -0.15) is 0 Å². The van der Waals surface area contributed by atoms with Crippen molar-refractivity contribution < 1.29 is 14.3 Å². The van der Waals surface area contributed by atoms with Gasteiger partial charge in [0.2, 0.25) is 5.91 Å². The summed E-state index contributed by atoms with van der Waals surface area (Å²) in [5.41, 5.74) is 1.78. The van der Waals surface area contributed by atoms with E-state index in [0.29, 0.717) is 40.9 Å². The van der Waals surface area contributed by atoms with Crippen molar-refractivity contribution in [3.63, 3.8) is 0 Å². The molecule has 0 spiro atoms. The molecule has 1 aliphatic rings. The molecule has 2 amide bonds. The van der Waals surface area contributed by atoms with Gasteiger partial charge in [0.25, 0.3) is 5.91 Å². The first-order valence-corrected chi connectivity index (χ1v) is 7.54. The number of benzene rings is 2. The van der Waals surface area contributed by atoms with Gasteiger partial charge >= 0.3 is 0 Å². The first-order valence-electron chi connectivity index (χ1n) is 7.16. The Balaban J connectivity index is 1.82. The van der Waals surface area contributed by atoms with Gasteiger partial charge < -0.3 is 15.0 Å². The van der Waals surface area contributed by atoms with Crippen LogP contribution >= 0.6 is 11.6 Å². The lowest BCUT2D eigenvalue weighted by molar-refractivity contribution is -0.116. The summed E-state index contributed by atoms with van der Waals surface area (Å²) < 4.78 is 5.58. The zero-order valence-electron chi connectivity index (χ0n) is 12.5. The minimum Gasteiger partial charge on any atom is -0.489 e. The summed E-state index contributed by atoms with van der Waals surface area (Å²) >= 11 is 5.89. The number of amides is 2. The molecule has 0 fully saturated rings. The predicted octanol–water partition coefficient (Wildman–Crippen LogP) is 3.34. The third kappa shape index (κ3) is 3.29. The maximum Gasteiger partial charge on any atom is 0.255 e. The predicted molar refractivity (Wildman–Crippen MR) is 89.4 cm³/mol. The molecule has 0 saturated heterocycles. The van der Waals surface area contributed by atoms with Crippen LogP contribution in [0, 0.1) is 0 Å². The number of nitrogens with zero attached hydrogens (tertiary/aromatic N) is 1. The topological polar surface area (TPSA) is 58.6 Å². The van der Waals surface area contributed by atoms with Crippen LogP contribution in [0.1, 0.15) is 17.3 Å². The maximum absolute atomic E-state index is 12.2. The third-order valence-corrected chi connectivity index (χ3v) is 3.78. The fraction of sp³-hybridized carbons (Fsp3) is 0.176. The molecule has 118 valence electrons. The largest absolute Gasteiger partial charge is 0.489 e. The molecular weight excluding hydrogens is 316 g/mol. The van der Waals surface area contributed by atoms with Crippen LogP contribution in [-0.2, 0) is 4.79 Å². The Kier molecular flexibility index (Phi) is 4.21. The van der Waals surface area contributed by atoms with Crippen molar-refractivity contribution in [2.75, 3.05) is 23.4 Å². The molecule has 2 aromatic carbocycles. The van der Waals surface area contributed by atoms with E-state index in [-0.39, 0.29) is 11.8 Å². The van der Waals surface area contributed by atoms with Gasteiger partial charge in [-0.3, -0.25) is 9.59 Å². The number of nitrogens with one attached hydrogen (secondary N) is 1. The molecule has 0 unspecified atom stereocenters. The molecule has 3 rings (SSSR count). The van der Waals surface area contributed by atoms with Gasteiger partial charge in [-0.1, -0.05) is 17.7 Å². The second kappa shape index (κ2) is 6.30. The monoisotopic (exact) mass is 330 g/mol. The molecule has 1 N–H and O–H groups in total. The first-order chi connectivity index (χ1) is 11.0. The highest BCUT2D eigenvalue weighted by Gasteiger charge is 2.21. The van der Waals surface area contributed by atoms with E-state index in [0.717, 1.165) is 0 Å². The molecule has 23 heavy (non-hydrogen) atoms. The molecule has 2 aromatic rings. The lowest BCUT2D eigenvalue weighted by Gasteiger charge is -2.29. The molecular formula is C17H15ClN2O3. The molecule has 0 bridgehead atoms. The molecule has 0 saturated carbocycles. The Labute approximate surface area is 138 Å². The van der Waals surface area contributed by atoms with E-state index in [9.17, 15) is 9.59 Å². The molecule has 0 radical (unpaired) electrons. The molecule has 0 aliphatic carbocycles. The molecule has 1 heterocycles. The van der Waals surface area contributed by atoms with E-state index >= 15 is 0 Å². The Bertz CT molecular complexity index is 776. The summed E-state index contributed by atoms with van der Waals surface area (Å²) in [6.45, 7) is 2.47. The number of halogens is 1. The number of ether oxygens (including phenoxy) is 1. The van der Waals surface area contributed by atoms with Crippen LogP contribution in [-0.4, -0.2) is 25.0 Å². The van der Waals surface area contributed by atoms with Crippen LogP contribution in [0.4, 0.5) is 11.4 Å². The number of hydrogen-bond acceptors (Lipinski definition) is 3. The smallest absolute Gasteiger partial charge is 0.255 e. The van der Waals surface area contributed by atoms with Crippen LogP contribution in [0.5, 0.6) is 5.75 Å². The summed E-state index contributed by atoms with van der Waals surface area (Å²) in [7, 11) is 0. The normalized spacial score (nSPS) is 13.0. The van der Waals surface area contributed by atoms with Gasteiger partial charge in [-0.05, 0) is 30.3 Å². The lowest BCUT2D eigenvalue weighted by atomic mass is 10.2. The van der Waals surface area contributed by atoms with E-state index in [4.69, 9.17) is 16.3 Å². The van der Waals surface area contributed by atoms with Crippen molar-refractivity contribution in [2.24, 2.45) is 0 Å². The van der Waals surface area contributed by atoms with Crippen molar-refractivity contribution in [2.45, 2.75) is 6.92 Å². The summed E-state index contributed by atoms with van der Waals surface area (Å²) in [5, 5.41) is 3.30. The molecule has 6 heteroatoms. The van der Waals surface area contributed by atoms with E-state index in [1.807, 2.05) is 0 Å². The van der Waals surface area contributed by atoms with Crippen LogP contribution < -0.4 is 15.0 Å². The second-order valence-electron chi connectivity index (χ2n) is 5.17. The lowest BCUT2D eigenvalue weighted by Crippen LogP contribution is -2.36. The second-order valence-corrected chi connectivity index (χ2v) is 5.60. The number of fused-ring (bicyclic) bond motifs is 1. The molecule has 0 atom stereocenters. The van der Waals surface area contributed by atoms with Gasteiger partial charge in [0.05, 0.1) is 12.2 Å². The minimum absolute atomic E-state index is 0.0368. The van der Waals surface area contributed by atoms with Gasteiger partial charge in [-0.15, -0.1) is 0 Å². The average Bonchev–Trinajstić information content (AvgIpc) is 2.54. The van der Waals surface area contributed by atoms with Crippen LogP contribution in [0.2, 0.25) is 5.02 Å². The Hall–Kier alpha value is -2.53. The quantitative estimate of drug-likeness (QED) is 0.918. The Morgan fingerprint density at radius 3 is 2.78 bits per heavy atom. The zero-order valence-corrected chi connectivity index (χ0v) is 13.3. The average molecular weight is 331 g/mol. The van der Waals surface area contributed by atoms with Crippen LogP contribution in [0.15, 0.2) is 42.5 Å². The number of hydrogen-bond donors (Lipinski definition) is 1. The highest BCUT2D eigenvalue weighted by atomic mass is 35.5. The fourth-order valence-corrected chi connectivity index (χ4v) is 2.65.